The molecule has 0 atom stereocenters. The molecular formula is C13H31ClN6O2Si3. The maximum Gasteiger partial charge on any atom is 0.401 e. The lowest BCUT2D eigenvalue weighted by Gasteiger charge is -2.23. The van der Waals surface area contributed by atoms with Crippen molar-refractivity contribution in [3.05, 3.63) is 0 Å². The van der Waals surface area contributed by atoms with E-state index in [0.29, 0.717) is 17.8 Å². The molecule has 0 aliphatic rings. The topological polar surface area (TPSA) is 112 Å². The van der Waals surface area contributed by atoms with Crippen molar-refractivity contribution in [2.75, 3.05) is 14.9 Å². The standard InChI is InChI=1S/C12H30N6Si3.CHClO2/c1-19(2,3)16-10-13-11(17-20(4,5)6)15-12(14-10)18-21(7,8)9;2-1(3)4/h1-9H3,(H3,13,14,15,16,17,18);(H,3,4). The van der Waals surface area contributed by atoms with Crippen LogP contribution in [0, 0.1) is 0 Å². The second kappa shape index (κ2) is 8.96. The third-order valence-electron chi connectivity index (χ3n) is 2.10. The van der Waals surface area contributed by atoms with Crippen molar-refractivity contribution >= 4 is 59.6 Å². The normalized spacial score (nSPS) is 11.9. The Morgan fingerprint density at radius 1 is 0.720 bits per heavy atom. The van der Waals surface area contributed by atoms with Gasteiger partial charge in [-0.05, 0) is 0 Å². The highest BCUT2D eigenvalue weighted by Crippen LogP contribution is 2.16. The third-order valence-corrected chi connectivity index (χ3v) is 5.02. The van der Waals surface area contributed by atoms with Crippen molar-refractivity contribution in [1.82, 2.24) is 15.0 Å². The van der Waals surface area contributed by atoms with Gasteiger partial charge < -0.3 is 20.1 Å². The minimum absolute atomic E-state index is 0.672. The molecule has 0 aromatic carbocycles. The molecule has 0 spiro atoms. The summed E-state index contributed by atoms with van der Waals surface area (Å²) in [5, 5.41) is 7.18. The van der Waals surface area contributed by atoms with Crippen LogP contribution in [0.15, 0.2) is 0 Å². The van der Waals surface area contributed by atoms with Crippen LogP contribution in [0.25, 0.3) is 0 Å². The second-order valence-corrected chi connectivity index (χ2v) is 23.3. The molecule has 8 nitrogen and oxygen atoms in total. The van der Waals surface area contributed by atoms with Crippen molar-refractivity contribution < 1.29 is 9.90 Å². The van der Waals surface area contributed by atoms with E-state index in [0.717, 1.165) is 0 Å². The zero-order valence-corrected chi connectivity index (χ0v) is 20.3. The molecule has 25 heavy (non-hydrogen) atoms. The number of carbonyl (C=O) groups is 1. The van der Waals surface area contributed by atoms with E-state index in [1.165, 1.54) is 0 Å². The fourth-order valence-electron chi connectivity index (χ4n) is 1.55. The summed E-state index contributed by atoms with van der Waals surface area (Å²) in [5.74, 6) is 2.02. The summed E-state index contributed by atoms with van der Waals surface area (Å²) in [5.41, 5.74) is -1.36. The molecule has 0 fully saturated rings. The zero-order chi connectivity index (χ0) is 20.1. The molecule has 0 amide bonds. The summed E-state index contributed by atoms with van der Waals surface area (Å²) < 4.78 is 0. The number of hydrogen-bond acceptors (Lipinski definition) is 7. The summed E-state index contributed by atoms with van der Waals surface area (Å²) in [4.78, 5) is 32.8. The Labute approximate surface area is 158 Å². The summed E-state index contributed by atoms with van der Waals surface area (Å²) >= 11 is 4.19. The van der Waals surface area contributed by atoms with Gasteiger partial charge in [-0.15, -0.1) is 0 Å². The monoisotopic (exact) mass is 422 g/mol. The van der Waals surface area contributed by atoms with Crippen LogP contribution in [0.5, 0.6) is 0 Å². The predicted octanol–water partition coefficient (Wildman–Crippen LogP) is 4.52. The van der Waals surface area contributed by atoms with E-state index in [-0.39, 0.29) is 0 Å². The van der Waals surface area contributed by atoms with Crippen molar-refractivity contribution in [3.63, 3.8) is 0 Å². The van der Waals surface area contributed by atoms with Crippen LogP contribution in [-0.2, 0) is 0 Å². The number of halogens is 1. The van der Waals surface area contributed by atoms with E-state index in [4.69, 9.17) is 9.90 Å². The Balaban J connectivity index is 0.00000129. The van der Waals surface area contributed by atoms with Crippen LogP contribution in [0.1, 0.15) is 0 Å². The van der Waals surface area contributed by atoms with Gasteiger partial charge in [0.15, 0.2) is 0 Å². The number of anilines is 3. The SMILES string of the molecule is C[Si](C)(C)Nc1nc(N[Si](C)(C)C)nc(N[Si](C)(C)C)n1.O=C(O)Cl. The minimum Gasteiger partial charge on any atom is -0.469 e. The van der Waals surface area contributed by atoms with E-state index in [1.54, 1.807) is 0 Å². The van der Waals surface area contributed by atoms with Gasteiger partial charge >= 0.3 is 5.43 Å². The summed E-state index contributed by atoms with van der Waals surface area (Å²) in [6.07, 6.45) is 0. The minimum atomic E-state index is -1.50. The molecule has 0 saturated heterocycles. The molecule has 0 aliphatic carbocycles. The van der Waals surface area contributed by atoms with Crippen LogP contribution < -0.4 is 14.9 Å². The first-order valence-corrected chi connectivity index (χ1v) is 18.8. The number of nitrogens with zero attached hydrogens (tertiary/aromatic N) is 3. The Morgan fingerprint density at radius 2 is 0.880 bits per heavy atom. The van der Waals surface area contributed by atoms with E-state index >= 15 is 0 Å². The first-order chi connectivity index (χ1) is 11.0. The van der Waals surface area contributed by atoms with E-state index in [1.807, 2.05) is 0 Å². The maximum atomic E-state index is 8.77. The quantitative estimate of drug-likeness (QED) is 0.391. The Kier molecular flexibility index (Phi) is 8.54. The molecule has 0 unspecified atom stereocenters. The molecule has 0 aliphatic heterocycles. The second-order valence-electron chi connectivity index (χ2n) is 8.68. The number of aromatic nitrogens is 3. The Morgan fingerprint density at radius 3 is 1.00 bits per heavy atom. The first-order valence-electron chi connectivity index (χ1n) is 7.96. The third kappa shape index (κ3) is 14.8. The number of hydrogen-bond donors (Lipinski definition) is 4. The van der Waals surface area contributed by atoms with Crippen molar-refractivity contribution in [1.29, 1.82) is 0 Å². The van der Waals surface area contributed by atoms with Gasteiger partial charge in [-0.1, -0.05) is 58.9 Å². The zero-order valence-electron chi connectivity index (χ0n) is 16.6. The average Bonchev–Trinajstić information content (AvgIpc) is 2.18. The lowest BCUT2D eigenvalue weighted by Crippen LogP contribution is -2.37. The molecule has 144 valence electrons. The Hall–Kier alpha value is -1.18. The van der Waals surface area contributed by atoms with Gasteiger partial charge in [-0.2, -0.15) is 15.0 Å². The lowest BCUT2D eigenvalue weighted by molar-refractivity contribution is 0.220. The first kappa shape index (κ1) is 23.8. The fraction of sp³-hybridized carbons (Fsp3) is 0.692. The van der Waals surface area contributed by atoms with Gasteiger partial charge in [0.2, 0.25) is 17.8 Å². The van der Waals surface area contributed by atoms with Gasteiger partial charge in [0.05, 0.1) is 0 Å². The van der Waals surface area contributed by atoms with Crippen LogP contribution in [0.2, 0.25) is 58.9 Å². The summed E-state index contributed by atoms with van der Waals surface area (Å²) in [7, 11) is -4.49. The van der Waals surface area contributed by atoms with Crippen molar-refractivity contribution in [2.45, 2.75) is 58.9 Å². The molecular weight excluding hydrogens is 392 g/mol. The van der Waals surface area contributed by atoms with E-state index < -0.39 is 30.1 Å². The van der Waals surface area contributed by atoms with Gasteiger partial charge in [0.1, 0.15) is 24.7 Å². The largest absolute Gasteiger partial charge is 0.469 e. The number of rotatable bonds is 6. The lowest BCUT2D eigenvalue weighted by atomic mass is 10.8. The molecule has 1 aromatic heterocycles. The van der Waals surface area contributed by atoms with Crippen LogP contribution in [0.3, 0.4) is 0 Å². The fourth-order valence-corrected chi connectivity index (χ4v) is 3.90. The average molecular weight is 423 g/mol. The molecule has 4 N–H and O–H groups in total. The maximum absolute atomic E-state index is 8.77. The smallest absolute Gasteiger partial charge is 0.401 e. The molecule has 1 rings (SSSR count). The van der Waals surface area contributed by atoms with E-state index in [9.17, 15) is 0 Å². The number of nitrogens with one attached hydrogen (secondary N) is 3. The highest BCUT2D eigenvalue weighted by Gasteiger charge is 2.21. The Bertz CT molecular complexity index is 497. The van der Waals surface area contributed by atoms with Crippen LogP contribution in [-0.4, -0.2) is 50.2 Å². The highest BCUT2D eigenvalue weighted by atomic mass is 35.5. The van der Waals surface area contributed by atoms with Gasteiger partial charge in [0, 0.05) is 11.6 Å². The number of carboxylic acid groups (broad SMARTS) is 1. The molecule has 12 heteroatoms. The van der Waals surface area contributed by atoms with Crippen LogP contribution >= 0.6 is 11.6 Å². The molecule has 0 radical (unpaired) electrons. The van der Waals surface area contributed by atoms with Crippen LogP contribution in [0.4, 0.5) is 22.6 Å². The van der Waals surface area contributed by atoms with Gasteiger partial charge in [-0.25, -0.2) is 4.79 Å². The van der Waals surface area contributed by atoms with E-state index in [2.05, 4.69) is 100 Å². The van der Waals surface area contributed by atoms with Crippen molar-refractivity contribution in [3.8, 4) is 0 Å². The summed E-state index contributed by atoms with van der Waals surface area (Å²) in [6.45, 7) is 20.1. The van der Waals surface area contributed by atoms with Crippen molar-refractivity contribution in [2.24, 2.45) is 0 Å². The van der Waals surface area contributed by atoms with Gasteiger partial charge in [-0.3, -0.25) is 0 Å². The van der Waals surface area contributed by atoms with Gasteiger partial charge in [0.25, 0.3) is 0 Å². The molecule has 1 aromatic rings. The molecule has 1 heterocycles. The summed E-state index contributed by atoms with van der Waals surface area (Å²) in [6, 6.07) is 0. The molecule has 0 saturated carbocycles. The predicted molar refractivity (Wildman–Crippen MR) is 115 cm³/mol. The molecule has 0 bridgehead atoms. The highest BCUT2D eigenvalue weighted by molar-refractivity contribution is 6.80.